The molecule has 1 N–H and O–H groups in total. The molecule has 0 aliphatic carbocycles. The van der Waals surface area contributed by atoms with E-state index in [4.69, 9.17) is 4.74 Å². The predicted molar refractivity (Wildman–Crippen MR) is 138 cm³/mol. The van der Waals surface area contributed by atoms with Gasteiger partial charge in [-0.1, -0.05) is 37.3 Å². The zero-order chi connectivity index (χ0) is 25.8. The van der Waals surface area contributed by atoms with Gasteiger partial charge >= 0.3 is 0 Å². The van der Waals surface area contributed by atoms with Crippen molar-refractivity contribution in [3.8, 4) is 11.4 Å². The summed E-state index contributed by atoms with van der Waals surface area (Å²) in [4.78, 5) is 29.9. The van der Waals surface area contributed by atoms with Crippen LogP contribution in [0.2, 0.25) is 0 Å². The van der Waals surface area contributed by atoms with Crippen molar-refractivity contribution in [2.24, 2.45) is 0 Å². The van der Waals surface area contributed by atoms with Gasteiger partial charge in [0.2, 0.25) is 0 Å². The van der Waals surface area contributed by atoms with Gasteiger partial charge in [-0.2, -0.15) is 5.10 Å². The molecule has 3 aromatic rings. The smallest absolute Gasteiger partial charge is 0.295 e. The summed E-state index contributed by atoms with van der Waals surface area (Å²) in [7, 11) is 3.82. The standard InChI is InChI=1S/C28H32N4O4/c1-5-17-36-22-13-11-20(12-14-22)25-24(27(34)28(35)31(25)16-15-30(3)4)26(33)23-18-29-32(19(23)2)21-9-7-6-8-10-21/h6-14,18,25,33H,5,15-17H2,1-4H3/b26-24+. The fourth-order valence-electron chi connectivity index (χ4n) is 4.35. The number of aliphatic hydroxyl groups is 1. The minimum absolute atomic E-state index is 0.0664. The second kappa shape index (κ2) is 10.8. The number of aliphatic hydroxyl groups excluding tert-OH is 1. The first-order valence-corrected chi connectivity index (χ1v) is 12.1. The Balaban J connectivity index is 1.79. The Morgan fingerprint density at radius 3 is 2.42 bits per heavy atom. The summed E-state index contributed by atoms with van der Waals surface area (Å²) < 4.78 is 7.40. The van der Waals surface area contributed by atoms with E-state index in [1.54, 1.807) is 4.68 Å². The Labute approximate surface area is 211 Å². The van der Waals surface area contributed by atoms with Crippen molar-refractivity contribution in [1.29, 1.82) is 0 Å². The number of rotatable bonds is 9. The number of aromatic nitrogens is 2. The molecule has 0 spiro atoms. The number of carbonyl (C=O) groups is 2. The summed E-state index contributed by atoms with van der Waals surface area (Å²) >= 11 is 0. The molecule has 8 nitrogen and oxygen atoms in total. The first-order valence-electron chi connectivity index (χ1n) is 12.1. The summed E-state index contributed by atoms with van der Waals surface area (Å²) in [6.45, 7) is 5.38. The normalized spacial score (nSPS) is 17.2. The van der Waals surface area contributed by atoms with Crippen molar-refractivity contribution in [2.45, 2.75) is 26.3 Å². The average Bonchev–Trinajstić information content (AvgIpc) is 3.39. The Kier molecular flexibility index (Phi) is 7.55. The molecule has 0 bridgehead atoms. The van der Waals surface area contributed by atoms with Crippen LogP contribution < -0.4 is 4.74 Å². The van der Waals surface area contributed by atoms with E-state index in [0.717, 1.165) is 17.7 Å². The van der Waals surface area contributed by atoms with E-state index in [9.17, 15) is 14.7 Å². The zero-order valence-electron chi connectivity index (χ0n) is 21.1. The van der Waals surface area contributed by atoms with Crippen molar-refractivity contribution >= 4 is 17.4 Å². The van der Waals surface area contributed by atoms with E-state index in [1.165, 1.54) is 11.1 Å². The largest absolute Gasteiger partial charge is 0.507 e. The van der Waals surface area contributed by atoms with Gasteiger partial charge in [0.25, 0.3) is 11.7 Å². The molecule has 0 saturated carbocycles. The number of Topliss-reactive ketones (excluding diaryl/α,β-unsaturated/α-hetero) is 1. The van der Waals surface area contributed by atoms with Crippen molar-refractivity contribution in [1.82, 2.24) is 19.6 Å². The number of hydrogen-bond donors (Lipinski definition) is 1. The van der Waals surface area contributed by atoms with Crippen LogP contribution in [0.25, 0.3) is 11.4 Å². The number of nitrogens with zero attached hydrogens (tertiary/aromatic N) is 4. The summed E-state index contributed by atoms with van der Waals surface area (Å²) in [5.74, 6) is -0.834. The number of hydrogen-bond acceptors (Lipinski definition) is 6. The zero-order valence-corrected chi connectivity index (χ0v) is 21.1. The SMILES string of the molecule is CCCOc1ccc(C2/C(=C(\O)c3cnn(-c4ccccc4)c3C)C(=O)C(=O)N2CCN(C)C)cc1. The fourth-order valence-corrected chi connectivity index (χ4v) is 4.35. The lowest BCUT2D eigenvalue weighted by molar-refractivity contribution is -0.140. The molecule has 36 heavy (non-hydrogen) atoms. The van der Waals surface area contributed by atoms with E-state index >= 15 is 0 Å². The molecule has 2 heterocycles. The number of ketones is 1. The molecule has 4 rings (SSSR count). The molecule has 1 amide bonds. The quantitative estimate of drug-likeness (QED) is 0.279. The van der Waals surface area contributed by atoms with E-state index in [1.807, 2.05) is 87.4 Å². The molecule has 1 fully saturated rings. The van der Waals surface area contributed by atoms with Crippen molar-refractivity contribution < 1.29 is 19.4 Å². The van der Waals surface area contributed by atoms with Gasteiger partial charge in [0.1, 0.15) is 11.5 Å². The molecule has 0 radical (unpaired) electrons. The number of para-hydroxylation sites is 1. The summed E-state index contributed by atoms with van der Waals surface area (Å²) in [5.41, 5.74) is 2.71. The summed E-state index contributed by atoms with van der Waals surface area (Å²) in [5, 5.41) is 15.9. The average molecular weight is 489 g/mol. The topological polar surface area (TPSA) is 87.9 Å². The highest BCUT2D eigenvalue weighted by Gasteiger charge is 2.46. The monoisotopic (exact) mass is 488 g/mol. The lowest BCUT2D eigenvalue weighted by atomic mass is 9.95. The molecule has 1 aliphatic rings. The Morgan fingerprint density at radius 2 is 1.78 bits per heavy atom. The second-order valence-electron chi connectivity index (χ2n) is 9.10. The highest BCUT2D eigenvalue weighted by atomic mass is 16.5. The molecular formula is C28H32N4O4. The van der Waals surface area contributed by atoms with Crippen LogP contribution in [-0.2, 0) is 9.59 Å². The summed E-state index contributed by atoms with van der Waals surface area (Å²) in [6.07, 6.45) is 2.42. The van der Waals surface area contributed by atoms with Crippen molar-refractivity contribution in [3.05, 3.63) is 83.2 Å². The first-order chi connectivity index (χ1) is 17.3. The van der Waals surface area contributed by atoms with Gasteiger partial charge in [-0.25, -0.2) is 4.68 Å². The third-order valence-corrected chi connectivity index (χ3v) is 6.26. The molecule has 2 aromatic carbocycles. The Morgan fingerprint density at radius 1 is 1.08 bits per heavy atom. The van der Waals surface area contributed by atoms with E-state index in [0.29, 0.717) is 36.7 Å². The number of ether oxygens (including phenoxy) is 1. The van der Waals surface area contributed by atoms with Crippen LogP contribution in [0, 0.1) is 6.92 Å². The highest BCUT2D eigenvalue weighted by molar-refractivity contribution is 6.46. The number of carbonyl (C=O) groups excluding carboxylic acids is 2. The molecule has 1 aromatic heterocycles. The number of benzene rings is 2. The van der Waals surface area contributed by atoms with Gasteiger partial charge in [0.05, 0.1) is 41.4 Å². The first kappa shape index (κ1) is 25.2. The second-order valence-corrected chi connectivity index (χ2v) is 9.10. The molecule has 8 heteroatoms. The van der Waals surface area contributed by atoms with Crippen LogP contribution in [-0.4, -0.2) is 70.2 Å². The Hall–Kier alpha value is -3.91. The molecule has 1 saturated heterocycles. The van der Waals surface area contributed by atoms with Gasteiger partial charge < -0.3 is 19.6 Å². The third kappa shape index (κ3) is 4.90. The van der Waals surface area contributed by atoms with Crippen LogP contribution in [0.15, 0.2) is 66.4 Å². The molecular weight excluding hydrogens is 456 g/mol. The number of likely N-dealkylation sites (N-methyl/N-ethyl adjacent to an activating group) is 1. The summed E-state index contributed by atoms with van der Waals surface area (Å²) in [6, 6.07) is 16.2. The lowest BCUT2D eigenvalue weighted by Crippen LogP contribution is -2.35. The number of likely N-dealkylation sites (tertiary alicyclic amines) is 1. The lowest BCUT2D eigenvalue weighted by Gasteiger charge is -2.26. The van der Waals surface area contributed by atoms with Crippen LogP contribution in [0.1, 0.15) is 36.2 Å². The maximum absolute atomic E-state index is 13.3. The maximum Gasteiger partial charge on any atom is 0.295 e. The van der Waals surface area contributed by atoms with Crippen molar-refractivity contribution in [3.63, 3.8) is 0 Å². The van der Waals surface area contributed by atoms with E-state index in [2.05, 4.69) is 5.10 Å². The number of amides is 1. The minimum atomic E-state index is -0.718. The van der Waals surface area contributed by atoms with Crippen LogP contribution in [0.4, 0.5) is 0 Å². The molecule has 1 aliphatic heterocycles. The van der Waals surface area contributed by atoms with Gasteiger partial charge in [-0.05, 0) is 57.3 Å². The van der Waals surface area contributed by atoms with Crippen LogP contribution >= 0.6 is 0 Å². The van der Waals surface area contributed by atoms with Crippen LogP contribution in [0.3, 0.4) is 0 Å². The third-order valence-electron chi connectivity index (χ3n) is 6.26. The van der Waals surface area contributed by atoms with Gasteiger partial charge in [-0.15, -0.1) is 0 Å². The van der Waals surface area contributed by atoms with Gasteiger partial charge in [0, 0.05) is 13.1 Å². The fraction of sp³-hybridized carbons (Fsp3) is 0.321. The highest BCUT2D eigenvalue weighted by Crippen LogP contribution is 2.40. The van der Waals surface area contributed by atoms with E-state index in [-0.39, 0.29) is 11.3 Å². The van der Waals surface area contributed by atoms with Gasteiger partial charge in [0.15, 0.2) is 0 Å². The Bertz CT molecular complexity index is 1260. The molecule has 1 unspecified atom stereocenters. The molecule has 188 valence electrons. The van der Waals surface area contributed by atoms with E-state index < -0.39 is 17.7 Å². The van der Waals surface area contributed by atoms with Crippen molar-refractivity contribution in [2.75, 3.05) is 33.8 Å². The predicted octanol–water partition coefficient (Wildman–Crippen LogP) is 3.95. The maximum atomic E-state index is 13.3. The minimum Gasteiger partial charge on any atom is -0.507 e. The van der Waals surface area contributed by atoms with Gasteiger partial charge in [-0.3, -0.25) is 9.59 Å². The molecule has 1 atom stereocenters. The van der Waals surface area contributed by atoms with Crippen LogP contribution in [0.5, 0.6) is 5.75 Å².